The molecule has 0 spiro atoms. The number of aliphatic hydroxyl groups excluding tert-OH is 4. The van der Waals surface area contributed by atoms with Crippen LogP contribution in [0, 0.1) is 0 Å². The molecular weight excluding hydrogens is 803 g/mol. The number of amides is 1. The molecular formula is C59H119NO5. The van der Waals surface area contributed by atoms with Gasteiger partial charge < -0.3 is 25.7 Å². The molecule has 390 valence electrons. The van der Waals surface area contributed by atoms with Crippen LogP contribution in [0.3, 0.4) is 0 Å². The van der Waals surface area contributed by atoms with Gasteiger partial charge in [0.1, 0.15) is 12.2 Å². The van der Waals surface area contributed by atoms with Crippen LogP contribution in [-0.4, -0.2) is 57.3 Å². The van der Waals surface area contributed by atoms with Crippen LogP contribution < -0.4 is 5.32 Å². The first-order valence-electron chi connectivity index (χ1n) is 29.9. The van der Waals surface area contributed by atoms with E-state index in [1.165, 1.54) is 276 Å². The Labute approximate surface area is 407 Å². The van der Waals surface area contributed by atoms with E-state index in [0.717, 1.165) is 38.5 Å². The molecule has 0 fully saturated rings. The zero-order chi connectivity index (χ0) is 47.4. The second-order valence-electron chi connectivity index (χ2n) is 21.1. The molecule has 0 aromatic carbocycles. The molecule has 0 rings (SSSR count). The Morgan fingerprint density at radius 1 is 0.323 bits per heavy atom. The summed E-state index contributed by atoms with van der Waals surface area (Å²) in [5, 5.41) is 44.1. The summed E-state index contributed by atoms with van der Waals surface area (Å²) in [6.45, 7) is 4.11. The van der Waals surface area contributed by atoms with Crippen molar-refractivity contribution in [2.24, 2.45) is 0 Å². The molecule has 6 heteroatoms. The summed E-state index contributed by atoms with van der Waals surface area (Å²) in [5.74, 6) is -0.575. The third-order valence-corrected chi connectivity index (χ3v) is 14.6. The molecule has 0 saturated carbocycles. The van der Waals surface area contributed by atoms with Crippen LogP contribution >= 0.6 is 0 Å². The Hall–Kier alpha value is -0.690. The fourth-order valence-electron chi connectivity index (χ4n) is 9.88. The maximum absolute atomic E-state index is 12.6. The highest BCUT2D eigenvalue weighted by Crippen LogP contribution is 2.19. The van der Waals surface area contributed by atoms with Crippen molar-refractivity contribution in [3.05, 3.63) is 0 Å². The van der Waals surface area contributed by atoms with Crippen molar-refractivity contribution in [3.8, 4) is 0 Å². The van der Waals surface area contributed by atoms with Gasteiger partial charge in [0.25, 0.3) is 0 Å². The predicted molar refractivity (Wildman–Crippen MR) is 284 cm³/mol. The standard InChI is InChI=1S/C59H119NO5/c1-3-5-7-9-11-13-15-17-19-21-23-25-27-29-31-32-34-36-38-40-42-44-46-48-50-52-56(62)58(64)55(54-61)60-59(65)57(63)53-51-49-47-45-43-41-39-37-35-33-30-28-26-24-22-20-18-16-14-12-10-8-6-4-2/h55-58,61-64H,3-54H2,1-2H3,(H,60,65). The molecule has 6 nitrogen and oxygen atoms in total. The number of hydrogen-bond acceptors (Lipinski definition) is 5. The van der Waals surface area contributed by atoms with E-state index in [-0.39, 0.29) is 0 Å². The van der Waals surface area contributed by atoms with Gasteiger partial charge in [0, 0.05) is 0 Å². The van der Waals surface area contributed by atoms with Gasteiger partial charge in [-0.15, -0.1) is 0 Å². The monoisotopic (exact) mass is 922 g/mol. The van der Waals surface area contributed by atoms with Crippen molar-refractivity contribution >= 4 is 5.91 Å². The summed E-state index contributed by atoms with van der Waals surface area (Å²) in [6, 6.07) is -0.981. The first-order valence-corrected chi connectivity index (χ1v) is 29.9. The minimum Gasteiger partial charge on any atom is -0.394 e. The van der Waals surface area contributed by atoms with Crippen molar-refractivity contribution in [1.82, 2.24) is 5.32 Å². The van der Waals surface area contributed by atoms with E-state index in [2.05, 4.69) is 19.2 Å². The SMILES string of the molecule is CCCCCCCCCCCCCCCCCCCCCCCCCCCC(O)C(O)C(CO)NC(=O)C(O)CCCCCCCCCCCCCCCCCCCCCCCCCC. The molecule has 0 bridgehead atoms. The van der Waals surface area contributed by atoms with Crippen LogP contribution in [0.5, 0.6) is 0 Å². The molecule has 1 amide bonds. The number of carbonyl (C=O) groups is 1. The zero-order valence-electron chi connectivity index (χ0n) is 44.3. The number of carbonyl (C=O) groups excluding carboxylic acids is 1. The molecule has 4 unspecified atom stereocenters. The molecule has 0 saturated heterocycles. The molecule has 5 N–H and O–H groups in total. The summed E-state index contributed by atoms with van der Waals surface area (Å²) in [7, 11) is 0. The van der Waals surface area contributed by atoms with Gasteiger partial charge in [0.05, 0.1) is 18.8 Å². The Morgan fingerprint density at radius 3 is 0.738 bits per heavy atom. The van der Waals surface area contributed by atoms with E-state index in [4.69, 9.17) is 0 Å². The molecule has 0 aromatic heterocycles. The van der Waals surface area contributed by atoms with Crippen LogP contribution in [-0.2, 0) is 4.79 Å². The normalized spacial score (nSPS) is 13.6. The maximum atomic E-state index is 12.6. The van der Waals surface area contributed by atoms with E-state index in [9.17, 15) is 25.2 Å². The fourth-order valence-corrected chi connectivity index (χ4v) is 9.88. The Balaban J connectivity index is 3.56. The summed E-state index contributed by atoms with van der Waals surface area (Å²) in [6.07, 6.45) is 63.2. The van der Waals surface area contributed by atoms with Crippen LogP contribution in [0.15, 0.2) is 0 Å². The second kappa shape index (κ2) is 54.3. The van der Waals surface area contributed by atoms with Crippen molar-refractivity contribution in [1.29, 1.82) is 0 Å². The molecule has 0 radical (unpaired) electrons. The topological polar surface area (TPSA) is 110 Å². The van der Waals surface area contributed by atoms with E-state index in [0.29, 0.717) is 12.8 Å². The quantitative estimate of drug-likeness (QED) is 0.0390. The van der Waals surface area contributed by atoms with Crippen LogP contribution in [0.1, 0.15) is 341 Å². The van der Waals surface area contributed by atoms with Crippen molar-refractivity contribution < 1.29 is 25.2 Å². The maximum Gasteiger partial charge on any atom is 0.249 e. The van der Waals surface area contributed by atoms with Gasteiger partial charge in [-0.2, -0.15) is 0 Å². The second-order valence-corrected chi connectivity index (χ2v) is 21.1. The number of nitrogens with one attached hydrogen (secondary N) is 1. The Morgan fingerprint density at radius 2 is 0.523 bits per heavy atom. The highest BCUT2D eigenvalue weighted by atomic mass is 16.3. The minimum atomic E-state index is -1.26. The minimum absolute atomic E-state index is 0.376. The number of unbranched alkanes of at least 4 members (excludes halogenated alkanes) is 47. The van der Waals surface area contributed by atoms with Crippen LogP contribution in [0.4, 0.5) is 0 Å². The molecule has 65 heavy (non-hydrogen) atoms. The molecule has 0 aliphatic rings. The van der Waals surface area contributed by atoms with Gasteiger partial charge in [0.2, 0.25) is 5.91 Å². The lowest BCUT2D eigenvalue weighted by atomic mass is 9.99. The van der Waals surface area contributed by atoms with Gasteiger partial charge in [-0.3, -0.25) is 4.79 Å². The van der Waals surface area contributed by atoms with E-state index < -0.39 is 36.9 Å². The van der Waals surface area contributed by atoms with E-state index in [1.807, 2.05) is 0 Å². The average Bonchev–Trinajstić information content (AvgIpc) is 3.31. The summed E-state index contributed by atoms with van der Waals surface area (Å²) in [4.78, 5) is 12.6. The van der Waals surface area contributed by atoms with Crippen molar-refractivity contribution in [3.63, 3.8) is 0 Å². The van der Waals surface area contributed by atoms with Crippen LogP contribution in [0.2, 0.25) is 0 Å². The van der Waals surface area contributed by atoms with E-state index in [1.54, 1.807) is 0 Å². The molecule has 0 heterocycles. The van der Waals surface area contributed by atoms with Gasteiger partial charge >= 0.3 is 0 Å². The Bertz CT molecular complexity index is 902. The predicted octanol–water partition coefficient (Wildman–Crippen LogP) is 17.5. The van der Waals surface area contributed by atoms with Gasteiger partial charge in [-0.05, 0) is 12.8 Å². The number of hydrogen-bond donors (Lipinski definition) is 5. The largest absolute Gasteiger partial charge is 0.394 e. The van der Waals surface area contributed by atoms with E-state index >= 15 is 0 Å². The first-order chi connectivity index (χ1) is 32.0. The summed E-state index contributed by atoms with van der Waals surface area (Å²) < 4.78 is 0. The summed E-state index contributed by atoms with van der Waals surface area (Å²) >= 11 is 0. The Kier molecular flexibility index (Phi) is 53.7. The van der Waals surface area contributed by atoms with Crippen LogP contribution in [0.25, 0.3) is 0 Å². The number of aliphatic hydroxyl groups is 4. The van der Waals surface area contributed by atoms with Gasteiger partial charge in [-0.1, -0.05) is 328 Å². The molecule has 4 atom stereocenters. The molecule has 0 aromatic rings. The smallest absolute Gasteiger partial charge is 0.249 e. The first kappa shape index (κ1) is 64.3. The van der Waals surface area contributed by atoms with Gasteiger partial charge in [0.15, 0.2) is 0 Å². The lowest BCUT2D eigenvalue weighted by Crippen LogP contribution is -2.53. The summed E-state index contributed by atoms with van der Waals surface area (Å²) in [5.41, 5.74) is 0. The average molecular weight is 923 g/mol. The highest BCUT2D eigenvalue weighted by molar-refractivity contribution is 5.80. The molecule has 0 aliphatic heterocycles. The lowest BCUT2D eigenvalue weighted by Gasteiger charge is -2.27. The van der Waals surface area contributed by atoms with Crippen molar-refractivity contribution in [2.75, 3.05) is 6.61 Å². The highest BCUT2D eigenvalue weighted by Gasteiger charge is 2.28. The third-order valence-electron chi connectivity index (χ3n) is 14.6. The van der Waals surface area contributed by atoms with Gasteiger partial charge in [-0.25, -0.2) is 0 Å². The third kappa shape index (κ3) is 48.1. The lowest BCUT2D eigenvalue weighted by molar-refractivity contribution is -0.132. The van der Waals surface area contributed by atoms with Crippen molar-refractivity contribution in [2.45, 2.75) is 366 Å². The molecule has 0 aliphatic carbocycles. The number of rotatable bonds is 56. The zero-order valence-corrected chi connectivity index (χ0v) is 44.3. The fraction of sp³-hybridized carbons (Fsp3) is 0.983.